The van der Waals surface area contributed by atoms with Crippen LogP contribution in [0.4, 0.5) is 22.7 Å². The number of fused-ring (bicyclic) bond motifs is 4. The van der Waals surface area contributed by atoms with E-state index in [2.05, 4.69) is 222 Å². The molecule has 1 aliphatic heterocycles. The predicted octanol–water partition coefficient (Wildman–Crippen LogP) is 13.9. The van der Waals surface area contributed by atoms with Gasteiger partial charge in [0.25, 0.3) is 0 Å². The molecule has 1 aliphatic rings. The van der Waals surface area contributed by atoms with Crippen molar-refractivity contribution in [2.75, 3.05) is 9.80 Å². The summed E-state index contributed by atoms with van der Waals surface area (Å²) < 4.78 is 9.00. The van der Waals surface area contributed by atoms with Crippen LogP contribution in [0.2, 0.25) is 0 Å². The summed E-state index contributed by atoms with van der Waals surface area (Å²) >= 11 is 0. The molecule has 6 heteroatoms. The first-order chi connectivity index (χ1) is 27.8. The van der Waals surface area contributed by atoms with Crippen LogP contribution in [0.15, 0.2) is 146 Å². The number of aromatic nitrogens is 2. The van der Waals surface area contributed by atoms with Gasteiger partial charge in [-0.15, -0.1) is 53.6 Å². The predicted molar refractivity (Wildman–Crippen MR) is 240 cm³/mol. The zero-order valence-corrected chi connectivity index (χ0v) is 37.2. The monoisotopic (exact) mass is 952 g/mol. The van der Waals surface area contributed by atoms with Gasteiger partial charge in [-0.2, -0.15) is 6.07 Å². The van der Waals surface area contributed by atoms with Crippen LogP contribution in [0.5, 0.6) is 11.5 Å². The van der Waals surface area contributed by atoms with Gasteiger partial charge in [0.15, 0.2) is 0 Å². The number of ether oxygens (including phenoxy) is 1. The van der Waals surface area contributed by atoms with Gasteiger partial charge in [0.2, 0.25) is 0 Å². The Morgan fingerprint density at radius 1 is 0.542 bits per heavy atom. The Morgan fingerprint density at radius 3 is 1.92 bits per heavy atom. The molecule has 2 aromatic heterocycles. The molecule has 0 spiro atoms. The number of hydrogen-bond donors (Lipinski definition) is 0. The summed E-state index contributed by atoms with van der Waals surface area (Å²) in [5, 5.41) is 2.23. The fourth-order valence-electron chi connectivity index (χ4n) is 8.02. The van der Waals surface area contributed by atoms with Gasteiger partial charge in [-0.3, -0.25) is 0 Å². The Kier molecular flexibility index (Phi) is 10.3. The fraction of sp³-hybridized carbons (Fsp3) is 0.208. The van der Waals surface area contributed by atoms with E-state index in [1.807, 2.05) is 12.3 Å². The average Bonchev–Trinajstić information content (AvgIpc) is 3.77. The zero-order valence-electron chi connectivity index (χ0n) is 34.9. The fourth-order valence-corrected chi connectivity index (χ4v) is 8.02. The average molecular weight is 953 g/mol. The zero-order chi connectivity index (χ0) is 40.4. The van der Waals surface area contributed by atoms with Gasteiger partial charge in [0.05, 0.1) is 0 Å². The van der Waals surface area contributed by atoms with E-state index in [-0.39, 0.29) is 37.3 Å². The van der Waals surface area contributed by atoms with Crippen molar-refractivity contribution in [2.45, 2.75) is 71.6 Å². The van der Waals surface area contributed by atoms with Crippen LogP contribution in [-0.4, -0.2) is 9.55 Å². The Morgan fingerprint density at radius 2 is 1.20 bits per heavy atom. The SMILES string of the molecule is CC(C)(C)c1ccc(N2[CH-]N(c3[c-]c(Oc4[c-]c5c(cc4)c4ccccc4n5-c4cc(C(C)(C)c5ccccc5)ccn4)cc(C(C)(C)C)c3)c3ccccc32)cc1.[Pt]. The Hall–Kier alpha value is -5.64. The smallest absolute Gasteiger partial charge is 0.135 e. The standard InChI is InChI=1S/C53H49N4O.Pt/c1-51(2,3)36-22-24-40(25-23-36)55-35-56(48-21-15-14-20-47(48)55)41-30-39(52(4,5)6)31-43(33-41)58-42-26-27-45-44-18-12-13-19-46(44)57(49(45)34-42)50-32-38(28-29-54-50)53(7,8)37-16-10-9-11-17-37;/h9-32,35H,1-8H3;/q-3;. The maximum Gasteiger partial charge on any atom is 0.135 e. The van der Waals surface area contributed by atoms with E-state index in [0.29, 0.717) is 11.5 Å². The molecule has 0 aliphatic carbocycles. The molecular formula is C53H49N4OPt-3. The molecule has 0 N–H and O–H groups in total. The summed E-state index contributed by atoms with van der Waals surface area (Å²) in [6, 6.07) is 56.7. The molecule has 0 unspecified atom stereocenters. The molecule has 0 atom stereocenters. The summed E-state index contributed by atoms with van der Waals surface area (Å²) in [4.78, 5) is 9.41. The third-order valence-corrected chi connectivity index (χ3v) is 11.6. The van der Waals surface area contributed by atoms with Crippen molar-refractivity contribution in [3.63, 3.8) is 0 Å². The number of benzene rings is 6. The minimum atomic E-state index is -0.220. The number of pyridine rings is 1. The van der Waals surface area contributed by atoms with E-state index in [1.54, 1.807) is 0 Å². The number of anilines is 4. The third-order valence-electron chi connectivity index (χ3n) is 11.6. The van der Waals surface area contributed by atoms with Crippen LogP contribution in [-0.2, 0) is 37.3 Å². The van der Waals surface area contributed by atoms with Crippen LogP contribution in [0.3, 0.4) is 0 Å². The van der Waals surface area contributed by atoms with E-state index < -0.39 is 0 Å². The third kappa shape index (κ3) is 7.47. The van der Waals surface area contributed by atoms with Gasteiger partial charge >= 0.3 is 0 Å². The first-order valence-corrected chi connectivity index (χ1v) is 20.1. The van der Waals surface area contributed by atoms with Crippen molar-refractivity contribution >= 4 is 44.6 Å². The molecule has 0 bridgehead atoms. The summed E-state index contributed by atoms with van der Waals surface area (Å²) in [6.45, 7) is 20.1. The summed E-state index contributed by atoms with van der Waals surface area (Å²) in [5.41, 5.74) is 10.8. The van der Waals surface area contributed by atoms with Crippen molar-refractivity contribution in [1.29, 1.82) is 0 Å². The number of hydrogen-bond acceptors (Lipinski definition) is 4. The quantitative estimate of drug-likeness (QED) is 0.149. The molecule has 300 valence electrons. The number of para-hydroxylation sites is 3. The van der Waals surface area contributed by atoms with E-state index in [1.165, 1.54) is 16.7 Å². The molecule has 0 saturated carbocycles. The number of rotatable bonds is 7. The minimum absolute atomic E-state index is 0. The van der Waals surface area contributed by atoms with Gasteiger partial charge in [0, 0.05) is 66.8 Å². The van der Waals surface area contributed by atoms with Crippen LogP contribution in [0.25, 0.3) is 27.6 Å². The first kappa shape index (κ1) is 40.2. The van der Waals surface area contributed by atoms with E-state index in [4.69, 9.17) is 9.72 Å². The maximum absolute atomic E-state index is 6.79. The van der Waals surface area contributed by atoms with Crippen molar-refractivity contribution < 1.29 is 25.8 Å². The van der Waals surface area contributed by atoms with Crippen LogP contribution in [0.1, 0.15) is 77.6 Å². The Bertz CT molecular complexity index is 2790. The van der Waals surface area contributed by atoms with Gasteiger partial charge in [-0.1, -0.05) is 134 Å². The van der Waals surface area contributed by atoms with Gasteiger partial charge < -0.3 is 19.1 Å². The molecule has 0 radical (unpaired) electrons. The van der Waals surface area contributed by atoms with Gasteiger partial charge in [-0.25, -0.2) is 4.98 Å². The molecule has 59 heavy (non-hydrogen) atoms. The van der Waals surface area contributed by atoms with Crippen molar-refractivity contribution in [2.24, 2.45) is 0 Å². The van der Waals surface area contributed by atoms with Crippen LogP contribution in [0, 0.1) is 18.8 Å². The molecule has 3 heterocycles. The molecular weight excluding hydrogens is 904 g/mol. The molecule has 8 aromatic rings. The first-order valence-electron chi connectivity index (χ1n) is 20.1. The van der Waals surface area contributed by atoms with Crippen LogP contribution >= 0.6 is 0 Å². The topological polar surface area (TPSA) is 33.5 Å². The molecule has 0 fully saturated rings. The van der Waals surface area contributed by atoms with Gasteiger partial charge in [0.1, 0.15) is 5.82 Å². The summed E-state index contributed by atoms with van der Waals surface area (Å²) in [5.74, 6) is 2.08. The van der Waals surface area contributed by atoms with E-state index in [0.717, 1.165) is 55.9 Å². The van der Waals surface area contributed by atoms with Crippen molar-refractivity contribution in [3.05, 3.63) is 187 Å². The summed E-state index contributed by atoms with van der Waals surface area (Å²) in [6.07, 6.45) is 1.92. The largest absolute Gasteiger partial charge is 0.509 e. The molecule has 5 nitrogen and oxygen atoms in total. The summed E-state index contributed by atoms with van der Waals surface area (Å²) in [7, 11) is 0. The van der Waals surface area contributed by atoms with E-state index >= 15 is 0 Å². The normalized spacial score (nSPS) is 13.2. The van der Waals surface area contributed by atoms with Gasteiger partial charge in [-0.05, 0) is 75.4 Å². The molecule has 9 rings (SSSR count). The molecule has 6 aromatic carbocycles. The van der Waals surface area contributed by atoms with Crippen LogP contribution < -0.4 is 14.5 Å². The second-order valence-electron chi connectivity index (χ2n) is 17.9. The molecule has 0 amide bonds. The Labute approximate surface area is 363 Å². The second kappa shape index (κ2) is 15.2. The van der Waals surface area contributed by atoms with E-state index in [9.17, 15) is 0 Å². The minimum Gasteiger partial charge on any atom is -0.509 e. The number of nitrogens with zero attached hydrogens (tertiary/aromatic N) is 4. The molecule has 0 saturated heterocycles. The maximum atomic E-state index is 6.79. The van der Waals surface area contributed by atoms with Crippen molar-refractivity contribution in [3.8, 4) is 17.3 Å². The second-order valence-corrected chi connectivity index (χ2v) is 17.9. The van der Waals surface area contributed by atoms with Crippen molar-refractivity contribution in [1.82, 2.24) is 9.55 Å². The Balaban J connectivity index is 0.00000484.